The van der Waals surface area contributed by atoms with E-state index in [4.69, 9.17) is 5.73 Å². The predicted molar refractivity (Wildman–Crippen MR) is 65.0 cm³/mol. The molecule has 1 aromatic carbocycles. The Balaban J connectivity index is 1.90. The summed E-state index contributed by atoms with van der Waals surface area (Å²) < 4.78 is 0. The minimum Gasteiger partial charge on any atom is -0.384 e. The van der Waals surface area contributed by atoms with Crippen molar-refractivity contribution in [2.45, 2.75) is 26.2 Å². The first-order valence-electron chi connectivity index (χ1n) is 5.75. The second-order valence-electron chi connectivity index (χ2n) is 4.78. The number of nitrogens with one attached hydrogen (secondary N) is 1. The van der Waals surface area contributed by atoms with Gasteiger partial charge in [0.1, 0.15) is 0 Å². The quantitative estimate of drug-likeness (QED) is 0.791. The maximum absolute atomic E-state index is 5.82. The van der Waals surface area contributed by atoms with E-state index in [1.807, 2.05) is 0 Å². The van der Waals surface area contributed by atoms with Crippen LogP contribution in [0.3, 0.4) is 0 Å². The highest BCUT2D eigenvalue weighted by Crippen LogP contribution is 2.39. The first kappa shape index (κ1) is 10.5. The lowest BCUT2D eigenvalue weighted by Gasteiger charge is -2.41. The summed E-state index contributed by atoms with van der Waals surface area (Å²) in [6.45, 7) is 3.94. The highest BCUT2D eigenvalue weighted by molar-refractivity contribution is 5.44. The van der Waals surface area contributed by atoms with Crippen molar-refractivity contribution in [1.82, 2.24) is 0 Å². The highest BCUT2D eigenvalue weighted by atomic mass is 14.9. The van der Waals surface area contributed by atoms with Gasteiger partial charge < -0.3 is 11.1 Å². The lowest BCUT2D eigenvalue weighted by Crippen LogP contribution is -2.42. The third-order valence-corrected chi connectivity index (χ3v) is 3.57. The van der Waals surface area contributed by atoms with E-state index in [-0.39, 0.29) is 0 Å². The summed E-state index contributed by atoms with van der Waals surface area (Å²) in [4.78, 5) is 0. The van der Waals surface area contributed by atoms with Crippen LogP contribution < -0.4 is 11.1 Å². The molecule has 0 bridgehead atoms. The summed E-state index contributed by atoms with van der Waals surface area (Å²) in [6, 6.07) is 8.55. The Kier molecular flexibility index (Phi) is 2.96. The lowest BCUT2D eigenvalue weighted by molar-refractivity contribution is 0.163. The Morgan fingerprint density at radius 2 is 1.93 bits per heavy atom. The predicted octanol–water partition coefficient (Wildman–Crippen LogP) is 2.54. The molecule has 0 aliphatic heterocycles. The number of nitrogens with two attached hydrogens (primary N) is 1. The van der Waals surface area contributed by atoms with Gasteiger partial charge in [-0.05, 0) is 43.9 Å². The van der Waals surface area contributed by atoms with Crippen LogP contribution in [0.2, 0.25) is 0 Å². The van der Waals surface area contributed by atoms with Crippen molar-refractivity contribution in [3.8, 4) is 0 Å². The summed E-state index contributed by atoms with van der Waals surface area (Å²) in [5, 5.41) is 3.49. The summed E-state index contributed by atoms with van der Waals surface area (Å²) in [7, 11) is 0. The molecule has 1 aliphatic rings. The molecule has 0 atom stereocenters. The molecule has 0 saturated heterocycles. The van der Waals surface area contributed by atoms with Gasteiger partial charge in [-0.3, -0.25) is 0 Å². The van der Waals surface area contributed by atoms with Crippen LogP contribution in [0.1, 0.15) is 24.8 Å². The van der Waals surface area contributed by atoms with Crippen molar-refractivity contribution < 1.29 is 0 Å². The lowest BCUT2D eigenvalue weighted by atomic mass is 9.69. The Hall–Kier alpha value is -1.02. The molecule has 0 unspecified atom stereocenters. The summed E-state index contributed by atoms with van der Waals surface area (Å²) in [5.41, 5.74) is 8.71. The van der Waals surface area contributed by atoms with Gasteiger partial charge in [0.2, 0.25) is 0 Å². The molecule has 1 saturated carbocycles. The van der Waals surface area contributed by atoms with Crippen molar-refractivity contribution in [3.05, 3.63) is 29.8 Å². The van der Waals surface area contributed by atoms with Gasteiger partial charge in [0.15, 0.2) is 0 Å². The average molecular weight is 204 g/mol. The summed E-state index contributed by atoms with van der Waals surface area (Å²) >= 11 is 0. The summed E-state index contributed by atoms with van der Waals surface area (Å²) in [5.74, 6) is 0. The van der Waals surface area contributed by atoms with Crippen molar-refractivity contribution in [2.24, 2.45) is 11.1 Å². The fourth-order valence-corrected chi connectivity index (χ4v) is 2.09. The molecule has 0 aromatic heterocycles. The SMILES string of the molecule is Cc1ccc(NCC2(CN)CCC2)cc1. The van der Waals surface area contributed by atoms with Gasteiger partial charge in [-0.1, -0.05) is 24.1 Å². The monoisotopic (exact) mass is 204 g/mol. The molecule has 2 rings (SSSR count). The van der Waals surface area contributed by atoms with Gasteiger partial charge in [-0.2, -0.15) is 0 Å². The normalized spacial score (nSPS) is 18.3. The number of rotatable bonds is 4. The van der Waals surface area contributed by atoms with Crippen LogP contribution in [-0.4, -0.2) is 13.1 Å². The van der Waals surface area contributed by atoms with Gasteiger partial charge >= 0.3 is 0 Å². The molecule has 15 heavy (non-hydrogen) atoms. The molecule has 0 spiro atoms. The van der Waals surface area contributed by atoms with Crippen molar-refractivity contribution in [1.29, 1.82) is 0 Å². The average Bonchev–Trinajstić information content (AvgIpc) is 2.20. The largest absolute Gasteiger partial charge is 0.384 e. The molecule has 3 N–H and O–H groups in total. The van der Waals surface area contributed by atoms with Crippen LogP contribution in [0.5, 0.6) is 0 Å². The zero-order chi connectivity index (χ0) is 10.7. The van der Waals surface area contributed by atoms with E-state index in [1.165, 1.54) is 30.5 Å². The smallest absolute Gasteiger partial charge is 0.0340 e. The van der Waals surface area contributed by atoms with E-state index in [1.54, 1.807) is 0 Å². The minimum absolute atomic E-state index is 0.380. The number of hydrogen-bond acceptors (Lipinski definition) is 2. The molecule has 1 aromatic rings. The Bertz CT molecular complexity index is 306. The van der Waals surface area contributed by atoms with Crippen molar-refractivity contribution in [2.75, 3.05) is 18.4 Å². The molecule has 1 aliphatic carbocycles. The van der Waals surface area contributed by atoms with Gasteiger partial charge in [0.25, 0.3) is 0 Å². The molecule has 0 amide bonds. The Labute approximate surface area is 91.9 Å². The fraction of sp³-hybridized carbons (Fsp3) is 0.538. The first-order chi connectivity index (χ1) is 7.24. The molecule has 2 nitrogen and oxygen atoms in total. The Morgan fingerprint density at radius 3 is 2.40 bits per heavy atom. The molecule has 2 heteroatoms. The molecular weight excluding hydrogens is 184 g/mol. The van der Waals surface area contributed by atoms with E-state index in [2.05, 4.69) is 36.5 Å². The van der Waals surface area contributed by atoms with Crippen LogP contribution in [0.4, 0.5) is 5.69 Å². The van der Waals surface area contributed by atoms with E-state index in [0.717, 1.165) is 13.1 Å². The summed E-state index contributed by atoms with van der Waals surface area (Å²) in [6.07, 6.45) is 3.90. The zero-order valence-corrected chi connectivity index (χ0v) is 9.42. The molecule has 0 radical (unpaired) electrons. The molecule has 0 heterocycles. The maximum atomic E-state index is 5.82. The number of aryl methyl sites for hydroxylation is 1. The van der Waals surface area contributed by atoms with Crippen molar-refractivity contribution in [3.63, 3.8) is 0 Å². The third kappa shape index (κ3) is 2.32. The van der Waals surface area contributed by atoms with Crippen LogP contribution >= 0.6 is 0 Å². The maximum Gasteiger partial charge on any atom is 0.0340 e. The molecule has 82 valence electrons. The molecular formula is C13H20N2. The fourth-order valence-electron chi connectivity index (χ4n) is 2.09. The topological polar surface area (TPSA) is 38.0 Å². The zero-order valence-electron chi connectivity index (χ0n) is 9.42. The van der Waals surface area contributed by atoms with E-state index in [0.29, 0.717) is 5.41 Å². The third-order valence-electron chi connectivity index (χ3n) is 3.57. The first-order valence-corrected chi connectivity index (χ1v) is 5.75. The highest BCUT2D eigenvalue weighted by Gasteiger charge is 2.35. The standard InChI is InChI=1S/C13H20N2/c1-11-3-5-12(6-4-11)15-10-13(9-14)7-2-8-13/h3-6,15H,2,7-10,14H2,1H3. The van der Waals surface area contributed by atoms with Crippen LogP contribution in [0, 0.1) is 12.3 Å². The molecule has 1 fully saturated rings. The van der Waals surface area contributed by atoms with Gasteiger partial charge in [-0.15, -0.1) is 0 Å². The van der Waals surface area contributed by atoms with E-state index >= 15 is 0 Å². The van der Waals surface area contributed by atoms with Crippen LogP contribution in [-0.2, 0) is 0 Å². The number of hydrogen-bond donors (Lipinski definition) is 2. The van der Waals surface area contributed by atoms with Gasteiger partial charge in [0.05, 0.1) is 0 Å². The second kappa shape index (κ2) is 4.23. The van der Waals surface area contributed by atoms with Gasteiger partial charge in [-0.25, -0.2) is 0 Å². The number of anilines is 1. The number of benzene rings is 1. The van der Waals surface area contributed by atoms with E-state index in [9.17, 15) is 0 Å². The van der Waals surface area contributed by atoms with Crippen molar-refractivity contribution >= 4 is 5.69 Å². The second-order valence-corrected chi connectivity index (χ2v) is 4.78. The van der Waals surface area contributed by atoms with E-state index < -0.39 is 0 Å². The van der Waals surface area contributed by atoms with Crippen LogP contribution in [0.15, 0.2) is 24.3 Å². The minimum atomic E-state index is 0.380. The van der Waals surface area contributed by atoms with Crippen LogP contribution in [0.25, 0.3) is 0 Å². The Morgan fingerprint density at radius 1 is 1.27 bits per heavy atom. The van der Waals surface area contributed by atoms with Gasteiger partial charge in [0, 0.05) is 12.2 Å².